The third-order valence-corrected chi connectivity index (χ3v) is 7.16. The summed E-state index contributed by atoms with van der Waals surface area (Å²) in [6, 6.07) is 20.4. The number of ketones is 1. The average Bonchev–Trinajstić information content (AvgIpc) is 3.34. The van der Waals surface area contributed by atoms with Crippen LogP contribution in [0, 0.1) is 5.41 Å². The molecular formula is C26H21ClN2O2S. The molecule has 160 valence electrons. The van der Waals surface area contributed by atoms with Crippen molar-refractivity contribution in [2.75, 3.05) is 4.90 Å². The van der Waals surface area contributed by atoms with Crippen LogP contribution in [0.1, 0.15) is 35.6 Å². The van der Waals surface area contributed by atoms with Crippen LogP contribution in [0.15, 0.2) is 89.0 Å². The lowest BCUT2D eigenvalue weighted by Crippen LogP contribution is -2.42. The molecule has 2 N–H and O–H groups in total. The lowest BCUT2D eigenvalue weighted by molar-refractivity contribution is -0.116. The molecule has 1 atom stereocenters. The van der Waals surface area contributed by atoms with Gasteiger partial charge in [0.05, 0.1) is 11.5 Å². The third-order valence-electron chi connectivity index (χ3n) is 5.97. The van der Waals surface area contributed by atoms with E-state index in [4.69, 9.17) is 11.6 Å². The van der Waals surface area contributed by atoms with Gasteiger partial charge in [-0.25, -0.2) is 0 Å². The first-order chi connectivity index (χ1) is 15.6. The van der Waals surface area contributed by atoms with Crippen molar-refractivity contribution in [3.8, 4) is 0 Å². The Kier molecular flexibility index (Phi) is 5.45. The molecule has 0 saturated heterocycles. The van der Waals surface area contributed by atoms with Gasteiger partial charge < -0.3 is 5.11 Å². The standard InChI is InChI=1S/C26H21ClN2O2S/c27-17-11-13-18(14-12-17)29-19-8-4-9-20(30)22(19)23(21-10-5-15-32-21)24(26(29)28)25(31)16-6-2-1-3-7-16/h1-3,5-7,10-15,23,28,31H,4,8-9H2/b25-24+,28-26?. The number of nitrogens with one attached hydrogen (secondary N) is 1. The molecule has 5 rings (SSSR count). The fourth-order valence-corrected chi connectivity index (χ4v) is 5.53. The second kappa shape index (κ2) is 8.41. The summed E-state index contributed by atoms with van der Waals surface area (Å²) in [4.78, 5) is 16.1. The molecule has 1 aromatic heterocycles. The Hall–Kier alpha value is -3.15. The van der Waals surface area contributed by atoms with E-state index in [1.165, 1.54) is 0 Å². The summed E-state index contributed by atoms with van der Waals surface area (Å²) in [5, 5.41) is 23.2. The van der Waals surface area contributed by atoms with Gasteiger partial charge >= 0.3 is 0 Å². The van der Waals surface area contributed by atoms with E-state index < -0.39 is 5.92 Å². The highest BCUT2D eigenvalue weighted by Crippen LogP contribution is 2.48. The number of halogens is 1. The molecule has 0 radical (unpaired) electrons. The van der Waals surface area contributed by atoms with E-state index in [0.29, 0.717) is 34.6 Å². The van der Waals surface area contributed by atoms with Crippen LogP contribution < -0.4 is 4.90 Å². The van der Waals surface area contributed by atoms with Crippen molar-refractivity contribution in [3.05, 3.63) is 104 Å². The molecule has 0 bridgehead atoms. The molecular weight excluding hydrogens is 440 g/mol. The molecule has 1 aliphatic heterocycles. The highest BCUT2D eigenvalue weighted by Gasteiger charge is 2.43. The van der Waals surface area contributed by atoms with Crippen molar-refractivity contribution in [1.29, 1.82) is 5.41 Å². The Bertz CT molecular complexity index is 1240. The summed E-state index contributed by atoms with van der Waals surface area (Å²) in [5.41, 5.74) is 3.35. The maximum Gasteiger partial charge on any atom is 0.161 e. The predicted molar refractivity (Wildman–Crippen MR) is 131 cm³/mol. The zero-order chi connectivity index (χ0) is 22.2. The summed E-state index contributed by atoms with van der Waals surface area (Å²) in [7, 11) is 0. The van der Waals surface area contributed by atoms with Gasteiger partial charge in [-0.05, 0) is 48.6 Å². The quantitative estimate of drug-likeness (QED) is 0.415. The SMILES string of the molecule is N=C1/C(=C(/O)c2ccccc2)C(c2cccs2)C2=C(CCCC2=O)N1c1ccc(Cl)cc1. The first-order valence-electron chi connectivity index (χ1n) is 10.5. The second-order valence-electron chi connectivity index (χ2n) is 7.87. The number of aliphatic hydroxyl groups excluding tert-OH is 1. The van der Waals surface area contributed by atoms with Crippen LogP contribution in [0.5, 0.6) is 0 Å². The van der Waals surface area contributed by atoms with Crippen LogP contribution in [0.2, 0.25) is 5.02 Å². The summed E-state index contributed by atoms with van der Waals surface area (Å²) in [5.74, 6) is -0.179. The lowest BCUT2D eigenvalue weighted by Gasteiger charge is -2.41. The predicted octanol–water partition coefficient (Wildman–Crippen LogP) is 6.96. The summed E-state index contributed by atoms with van der Waals surface area (Å²) < 4.78 is 0. The molecule has 0 spiro atoms. The van der Waals surface area contributed by atoms with E-state index >= 15 is 0 Å². The molecule has 2 aliphatic rings. The average molecular weight is 461 g/mol. The maximum absolute atomic E-state index is 13.3. The molecule has 2 aromatic carbocycles. The number of Topliss-reactive ketones (excluding diaryl/α,β-unsaturated/α-hetero) is 1. The zero-order valence-electron chi connectivity index (χ0n) is 17.2. The van der Waals surface area contributed by atoms with E-state index in [1.807, 2.05) is 60.0 Å². The van der Waals surface area contributed by atoms with Crippen molar-refractivity contribution in [2.45, 2.75) is 25.2 Å². The molecule has 3 aromatic rings. The van der Waals surface area contributed by atoms with Crippen LogP contribution in [0.4, 0.5) is 5.69 Å². The number of hydrogen-bond donors (Lipinski definition) is 2. The number of carbonyl (C=O) groups excluding carboxylic acids is 1. The van der Waals surface area contributed by atoms with E-state index in [2.05, 4.69) is 0 Å². The number of allylic oxidation sites excluding steroid dienone is 2. The van der Waals surface area contributed by atoms with Gasteiger partial charge in [-0.15, -0.1) is 11.3 Å². The number of anilines is 1. The molecule has 0 amide bonds. The Labute approximate surface area is 195 Å². The highest BCUT2D eigenvalue weighted by atomic mass is 35.5. The summed E-state index contributed by atoms with van der Waals surface area (Å²) in [6.45, 7) is 0. The molecule has 6 heteroatoms. The van der Waals surface area contributed by atoms with Gasteiger partial charge in [-0.3, -0.25) is 15.1 Å². The largest absolute Gasteiger partial charge is 0.507 e. The number of amidine groups is 1. The smallest absolute Gasteiger partial charge is 0.161 e. The van der Waals surface area contributed by atoms with Gasteiger partial charge in [0.2, 0.25) is 0 Å². The number of benzene rings is 2. The fourth-order valence-electron chi connectivity index (χ4n) is 4.56. The van der Waals surface area contributed by atoms with Crippen LogP contribution in [0.25, 0.3) is 5.76 Å². The topological polar surface area (TPSA) is 64.4 Å². The zero-order valence-corrected chi connectivity index (χ0v) is 18.8. The minimum atomic E-state index is -0.464. The number of nitrogens with zero attached hydrogens (tertiary/aromatic N) is 1. The van der Waals surface area contributed by atoms with Crippen molar-refractivity contribution in [2.24, 2.45) is 0 Å². The Morgan fingerprint density at radius 1 is 1.03 bits per heavy atom. The van der Waals surface area contributed by atoms with Gasteiger partial charge in [0.1, 0.15) is 11.6 Å². The van der Waals surface area contributed by atoms with Crippen molar-refractivity contribution >= 4 is 46.0 Å². The van der Waals surface area contributed by atoms with Gasteiger partial charge in [-0.1, -0.05) is 48.0 Å². The van der Waals surface area contributed by atoms with Crippen molar-refractivity contribution in [3.63, 3.8) is 0 Å². The van der Waals surface area contributed by atoms with Crippen molar-refractivity contribution in [1.82, 2.24) is 0 Å². The van der Waals surface area contributed by atoms with Gasteiger partial charge in [0, 0.05) is 38.8 Å². The van der Waals surface area contributed by atoms with Crippen molar-refractivity contribution < 1.29 is 9.90 Å². The summed E-state index contributed by atoms with van der Waals surface area (Å²) >= 11 is 7.65. The van der Waals surface area contributed by atoms with Crippen LogP contribution in [0.3, 0.4) is 0 Å². The highest BCUT2D eigenvalue weighted by molar-refractivity contribution is 7.10. The fraction of sp³-hybridized carbons (Fsp3) is 0.154. The molecule has 0 fully saturated rings. The lowest BCUT2D eigenvalue weighted by atomic mass is 9.76. The molecule has 2 heterocycles. The van der Waals surface area contributed by atoms with E-state index in [0.717, 1.165) is 22.7 Å². The number of thiophene rings is 1. The molecule has 0 saturated carbocycles. The number of hydrogen-bond acceptors (Lipinski definition) is 4. The second-order valence-corrected chi connectivity index (χ2v) is 9.29. The first kappa shape index (κ1) is 20.7. The number of aliphatic hydroxyl groups is 1. The van der Waals surface area contributed by atoms with E-state index in [1.54, 1.807) is 28.4 Å². The molecule has 1 aliphatic carbocycles. The van der Waals surface area contributed by atoms with Crippen LogP contribution in [-0.4, -0.2) is 16.7 Å². The maximum atomic E-state index is 13.3. The minimum absolute atomic E-state index is 0.0258. The molecule has 1 unspecified atom stereocenters. The van der Waals surface area contributed by atoms with Gasteiger partial charge in [0.25, 0.3) is 0 Å². The Morgan fingerprint density at radius 2 is 1.78 bits per heavy atom. The Morgan fingerprint density at radius 3 is 2.47 bits per heavy atom. The summed E-state index contributed by atoms with van der Waals surface area (Å²) in [6.07, 6.45) is 1.92. The van der Waals surface area contributed by atoms with Gasteiger partial charge in [-0.2, -0.15) is 0 Å². The van der Waals surface area contributed by atoms with Gasteiger partial charge in [0.15, 0.2) is 5.78 Å². The van der Waals surface area contributed by atoms with E-state index in [9.17, 15) is 15.3 Å². The number of carbonyl (C=O) groups is 1. The van der Waals surface area contributed by atoms with Crippen LogP contribution >= 0.6 is 22.9 Å². The Balaban J connectivity index is 1.81. The van der Waals surface area contributed by atoms with Crippen LogP contribution in [-0.2, 0) is 4.79 Å². The third kappa shape index (κ3) is 3.48. The monoisotopic (exact) mass is 460 g/mol. The number of rotatable bonds is 3. The van der Waals surface area contributed by atoms with E-state index in [-0.39, 0.29) is 17.4 Å². The normalized spacial score (nSPS) is 20.4. The molecule has 4 nitrogen and oxygen atoms in total. The minimum Gasteiger partial charge on any atom is -0.507 e. The first-order valence-corrected chi connectivity index (χ1v) is 11.7. The molecule has 32 heavy (non-hydrogen) atoms.